The maximum absolute atomic E-state index is 11.3. The summed E-state index contributed by atoms with van der Waals surface area (Å²) in [4.78, 5) is 6.97. The second kappa shape index (κ2) is 4.02. The number of para-hydroxylation sites is 1. The molecule has 19 heavy (non-hydrogen) atoms. The molecule has 0 spiro atoms. The fraction of sp³-hybridized carbons (Fsp3) is 0.438. The lowest BCUT2D eigenvalue weighted by atomic mass is 9.76. The summed E-state index contributed by atoms with van der Waals surface area (Å²) in [6, 6.07) is 10.2. The molecular weight excluding hydrogens is 236 g/mol. The van der Waals surface area contributed by atoms with Crippen LogP contribution in [0.5, 0.6) is 0 Å². The van der Waals surface area contributed by atoms with Gasteiger partial charge in [-0.2, -0.15) is 0 Å². The summed E-state index contributed by atoms with van der Waals surface area (Å²) in [6.07, 6.45) is 3.74. The number of hydrogen-bond acceptors (Lipinski definition) is 3. The number of pyridine rings is 1. The second-order valence-electron chi connectivity index (χ2n) is 5.84. The van der Waals surface area contributed by atoms with Gasteiger partial charge in [0.05, 0.1) is 11.1 Å². The highest BCUT2D eigenvalue weighted by Crippen LogP contribution is 2.44. The molecule has 2 bridgehead atoms. The Kier molecular flexibility index (Phi) is 2.41. The van der Waals surface area contributed by atoms with Gasteiger partial charge in [0.1, 0.15) is 0 Å². The molecule has 0 saturated carbocycles. The van der Waals surface area contributed by atoms with Crippen LogP contribution in [-0.4, -0.2) is 34.6 Å². The maximum Gasteiger partial charge on any atom is 0.0970 e. The molecule has 0 radical (unpaired) electrons. The fourth-order valence-electron chi connectivity index (χ4n) is 3.77. The van der Waals surface area contributed by atoms with Gasteiger partial charge in [-0.1, -0.05) is 24.3 Å². The number of aromatic nitrogens is 1. The summed E-state index contributed by atoms with van der Waals surface area (Å²) in [5.74, 6) is 0.355. The molecule has 2 aromatic rings. The maximum atomic E-state index is 11.3. The lowest BCUT2D eigenvalue weighted by Crippen LogP contribution is -2.44. The van der Waals surface area contributed by atoms with Crippen LogP contribution < -0.4 is 0 Å². The molecule has 2 aliphatic rings. The molecule has 1 N–H and O–H groups in total. The Labute approximate surface area is 112 Å². The van der Waals surface area contributed by atoms with Gasteiger partial charge in [-0.3, -0.25) is 4.98 Å². The molecule has 0 aliphatic carbocycles. The number of piperidine rings is 1. The van der Waals surface area contributed by atoms with Gasteiger partial charge >= 0.3 is 0 Å². The van der Waals surface area contributed by atoms with E-state index in [1.165, 1.54) is 0 Å². The largest absolute Gasteiger partial charge is 0.385 e. The third-order valence-electron chi connectivity index (χ3n) is 4.86. The van der Waals surface area contributed by atoms with Gasteiger partial charge in [-0.05, 0) is 25.5 Å². The molecule has 3 atom stereocenters. The van der Waals surface area contributed by atoms with E-state index in [-0.39, 0.29) is 0 Å². The summed E-state index contributed by atoms with van der Waals surface area (Å²) >= 11 is 0. The lowest BCUT2D eigenvalue weighted by molar-refractivity contribution is -0.0491. The Morgan fingerprint density at radius 1 is 1.21 bits per heavy atom. The second-order valence-corrected chi connectivity index (χ2v) is 5.84. The van der Waals surface area contributed by atoms with Crippen molar-refractivity contribution < 1.29 is 5.11 Å². The zero-order valence-electron chi connectivity index (χ0n) is 10.9. The van der Waals surface area contributed by atoms with E-state index in [1.807, 2.05) is 18.3 Å². The van der Waals surface area contributed by atoms with Crippen LogP contribution in [0.3, 0.4) is 0 Å². The molecular formula is C16H18N2O. The standard InChI is InChI=1S/C16H18N2O/c19-16(7-10-18-9-6-13(16)11-18)14-5-1-3-12-4-2-8-17-15(12)14/h1-5,8,13,19H,6-7,9-11H2. The van der Waals surface area contributed by atoms with Crippen LogP contribution in [0.15, 0.2) is 36.5 Å². The first kappa shape index (κ1) is 11.4. The molecule has 3 nitrogen and oxygen atoms in total. The monoisotopic (exact) mass is 254 g/mol. The summed E-state index contributed by atoms with van der Waals surface area (Å²) in [6.45, 7) is 3.15. The molecule has 3 heteroatoms. The number of aliphatic hydroxyl groups is 1. The number of fused-ring (bicyclic) bond motifs is 3. The molecule has 2 fully saturated rings. The van der Waals surface area contributed by atoms with E-state index in [9.17, 15) is 5.11 Å². The molecule has 98 valence electrons. The van der Waals surface area contributed by atoms with Gasteiger partial charge in [-0.25, -0.2) is 0 Å². The van der Waals surface area contributed by atoms with Crippen molar-refractivity contribution in [1.82, 2.24) is 9.88 Å². The third kappa shape index (κ3) is 1.62. The molecule has 3 heterocycles. The highest BCUT2D eigenvalue weighted by atomic mass is 16.3. The van der Waals surface area contributed by atoms with Crippen LogP contribution in [0.4, 0.5) is 0 Å². The van der Waals surface area contributed by atoms with E-state index >= 15 is 0 Å². The first-order valence-corrected chi connectivity index (χ1v) is 7.06. The molecule has 1 aromatic carbocycles. The molecule has 3 unspecified atom stereocenters. The van der Waals surface area contributed by atoms with Crippen LogP contribution in [0.2, 0.25) is 0 Å². The average molecular weight is 254 g/mol. The quantitative estimate of drug-likeness (QED) is 0.847. The number of nitrogens with zero attached hydrogens (tertiary/aromatic N) is 2. The van der Waals surface area contributed by atoms with Crippen LogP contribution in [-0.2, 0) is 5.60 Å². The van der Waals surface area contributed by atoms with Crippen molar-refractivity contribution >= 4 is 10.9 Å². The highest BCUT2D eigenvalue weighted by molar-refractivity contribution is 5.82. The number of rotatable bonds is 1. The Balaban J connectivity index is 1.89. The number of benzene rings is 1. The molecule has 2 aliphatic heterocycles. The Morgan fingerprint density at radius 2 is 2.11 bits per heavy atom. The minimum Gasteiger partial charge on any atom is -0.385 e. The predicted molar refractivity (Wildman–Crippen MR) is 74.8 cm³/mol. The van der Waals surface area contributed by atoms with Gasteiger partial charge < -0.3 is 10.0 Å². The van der Waals surface area contributed by atoms with Crippen molar-refractivity contribution in [3.05, 3.63) is 42.1 Å². The van der Waals surface area contributed by atoms with Crippen LogP contribution in [0.25, 0.3) is 10.9 Å². The molecule has 2 saturated heterocycles. The predicted octanol–water partition coefficient (Wildman–Crippen LogP) is 2.15. The van der Waals surface area contributed by atoms with Gasteiger partial charge in [0.15, 0.2) is 0 Å². The molecule has 1 aromatic heterocycles. The van der Waals surface area contributed by atoms with E-state index in [4.69, 9.17) is 0 Å². The minimum absolute atomic E-state index is 0.355. The SMILES string of the molecule is OC1(c2cccc3cccnc23)CCN2CCC1C2. The van der Waals surface area contributed by atoms with E-state index in [1.54, 1.807) is 0 Å². The van der Waals surface area contributed by atoms with Crippen molar-refractivity contribution in [3.8, 4) is 0 Å². The van der Waals surface area contributed by atoms with Crippen LogP contribution in [0, 0.1) is 5.92 Å². The smallest absolute Gasteiger partial charge is 0.0970 e. The Hall–Kier alpha value is -1.45. The van der Waals surface area contributed by atoms with Gasteiger partial charge in [0.2, 0.25) is 0 Å². The minimum atomic E-state index is -0.694. The summed E-state index contributed by atoms with van der Waals surface area (Å²) in [5, 5.41) is 12.4. The first-order chi connectivity index (χ1) is 9.27. The summed E-state index contributed by atoms with van der Waals surface area (Å²) in [7, 11) is 0. The Bertz CT molecular complexity index is 622. The van der Waals surface area contributed by atoms with Gasteiger partial charge in [-0.15, -0.1) is 0 Å². The summed E-state index contributed by atoms with van der Waals surface area (Å²) in [5.41, 5.74) is 1.30. The van der Waals surface area contributed by atoms with Crippen molar-refractivity contribution in [2.45, 2.75) is 18.4 Å². The zero-order chi connectivity index (χ0) is 12.9. The Morgan fingerprint density at radius 3 is 3.05 bits per heavy atom. The topological polar surface area (TPSA) is 36.4 Å². The van der Waals surface area contributed by atoms with Gasteiger partial charge in [0, 0.05) is 36.2 Å². The fourth-order valence-corrected chi connectivity index (χ4v) is 3.77. The van der Waals surface area contributed by atoms with Crippen molar-refractivity contribution in [2.75, 3.05) is 19.6 Å². The normalized spacial score (nSPS) is 33.7. The lowest BCUT2D eigenvalue weighted by Gasteiger charge is -2.39. The first-order valence-electron chi connectivity index (χ1n) is 7.06. The van der Waals surface area contributed by atoms with E-state index < -0.39 is 5.60 Å². The number of hydrogen-bond donors (Lipinski definition) is 1. The van der Waals surface area contributed by atoms with E-state index in [0.29, 0.717) is 5.92 Å². The highest BCUT2D eigenvalue weighted by Gasteiger charge is 2.46. The third-order valence-corrected chi connectivity index (χ3v) is 4.86. The van der Waals surface area contributed by atoms with Gasteiger partial charge in [0.25, 0.3) is 0 Å². The zero-order valence-corrected chi connectivity index (χ0v) is 10.9. The molecule has 4 rings (SSSR count). The van der Waals surface area contributed by atoms with Crippen molar-refractivity contribution in [3.63, 3.8) is 0 Å². The van der Waals surface area contributed by atoms with E-state index in [2.05, 4.69) is 28.1 Å². The van der Waals surface area contributed by atoms with Crippen molar-refractivity contribution in [1.29, 1.82) is 0 Å². The van der Waals surface area contributed by atoms with Crippen molar-refractivity contribution in [2.24, 2.45) is 5.92 Å². The van der Waals surface area contributed by atoms with E-state index in [0.717, 1.165) is 48.9 Å². The molecule has 0 amide bonds. The van der Waals surface area contributed by atoms with Crippen LogP contribution >= 0.6 is 0 Å². The average Bonchev–Trinajstić information content (AvgIpc) is 2.88. The van der Waals surface area contributed by atoms with Crippen LogP contribution in [0.1, 0.15) is 18.4 Å². The summed E-state index contributed by atoms with van der Waals surface area (Å²) < 4.78 is 0.